The number of hydrogen-bond acceptors (Lipinski definition) is 4. The van der Waals surface area contributed by atoms with Gasteiger partial charge in [-0.25, -0.2) is 0 Å². The molecule has 0 radical (unpaired) electrons. The second kappa shape index (κ2) is 6.67. The number of nitrogens with zero attached hydrogens (tertiary/aromatic N) is 1. The summed E-state index contributed by atoms with van der Waals surface area (Å²) in [6.07, 6.45) is 2.65. The molecular weight excluding hydrogens is 278 g/mol. The fraction of sp³-hybridized carbons (Fsp3) is 0.588. The molecule has 1 amide bonds. The van der Waals surface area contributed by atoms with Gasteiger partial charge >= 0.3 is 0 Å². The lowest BCUT2D eigenvalue weighted by atomic mass is 9.84. The monoisotopic (exact) mass is 303 g/mol. The molecule has 2 N–H and O–H groups in total. The molecule has 0 aromatic heterocycles. The Hall–Kier alpha value is -1.59. The molecule has 0 unspecified atom stereocenters. The Balaban J connectivity index is 1.83. The van der Waals surface area contributed by atoms with E-state index in [2.05, 4.69) is 23.6 Å². The van der Waals surface area contributed by atoms with Crippen LogP contribution in [0, 0.1) is 0 Å². The van der Waals surface area contributed by atoms with Crippen molar-refractivity contribution in [3.05, 3.63) is 24.3 Å². The van der Waals surface area contributed by atoms with Crippen LogP contribution in [0.5, 0.6) is 0 Å². The van der Waals surface area contributed by atoms with Crippen molar-refractivity contribution in [3.8, 4) is 0 Å². The first-order chi connectivity index (χ1) is 10.8. The van der Waals surface area contributed by atoms with Crippen molar-refractivity contribution in [1.82, 2.24) is 5.32 Å². The van der Waals surface area contributed by atoms with E-state index in [0.717, 1.165) is 50.3 Å². The molecule has 0 saturated carbocycles. The number of fused-ring (bicyclic) bond motifs is 1. The van der Waals surface area contributed by atoms with Gasteiger partial charge in [0, 0.05) is 13.2 Å². The van der Waals surface area contributed by atoms with Crippen LogP contribution in [0.2, 0.25) is 0 Å². The Morgan fingerprint density at radius 3 is 2.77 bits per heavy atom. The summed E-state index contributed by atoms with van der Waals surface area (Å²) in [7, 11) is 0. The number of amides is 1. The molecule has 2 aliphatic heterocycles. The molecule has 2 aliphatic rings. The molecule has 5 nitrogen and oxygen atoms in total. The van der Waals surface area contributed by atoms with Gasteiger partial charge in [-0.2, -0.15) is 0 Å². The molecule has 0 aliphatic carbocycles. The Morgan fingerprint density at radius 1 is 1.23 bits per heavy atom. The minimum Gasteiger partial charge on any atom is -0.380 e. The van der Waals surface area contributed by atoms with Gasteiger partial charge in [0.15, 0.2) is 0 Å². The molecule has 1 spiro atoms. The quantitative estimate of drug-likeness (QED) is 0.817. The Kier molecular flexibility index (Phi) is 4.64. The predicted molar refractivity (Wildman–Crippen MR) is 88.4 cm³/mol. The van der Waals surface area contributed by atoms with Gasteiger partial charge < -0.3 is 20.3 Å². The third-order valence-electron chi connectivity index (χ3n) is 4.49. The number of carbonyl (C=O) groups excluding carboxylic acids is 1. The number of benzene rings is 1. The summed E-state index contributed by atoms with van der Waals surface area (Å²) in [6, 6.07) is 8.07. The summed E-state index contributed by atoms with van der Waals surface area (Å²) in [5, 5.41) is 6.86. The highest BCUT2D eigenvalue weighted by Gasteiger charge is 2.46. The lowest BCUT2D eigenvalue weighted by molar-refractivity contribution is -0.124. The molecule has 2 heterocycles. The van der Waals surface area contributed by atoms with Crippen molar-refractivity contribution >= 4 is 17.3 Å². The fourth-order valence-electron chi connectivity index (χ4n) is 3.31. The van der Waals surface area contributed by atoms with Crippen molar-refractivity contribution < 1.29 is 9.53 Å². The zero-order valence-corrected chi connectivity index (χ0v) is 13.2. The summed E-state index contributed by atoms with van der Waals surface area (Å²) in [6.45, 7) is 5.80. The maximum atomic E-state index is 13.1. The summed E-state index contributed by atoms with van der Waals surface area (Å²) < 4.78 is 5.60. The van der Waals surface area contributed by atoms with Crippen LogP contribution in [-0.4, -0.2) is 44.3 Å². The van der Waals surface area contributed by atoms with Crippen LogP contribution in [0.25, 0.3) is 0 Å². The number of para-hydroxylation sites is 2. The first-order valence-corrected chi connectivity index (χ1v) is 8.24. The van der Waals surface area contributed by atoms with Crippen molar-refractivity contribution in [3.63, 3.8) is 0 Å². The number of ether oxygens (including phenoxy) is 1. The lowest BCUT2D eigenvalue weighted by Gasteiger charge is -2.45. The number of piperidine rings is 1. The van der Waals surface area contributed by atoms with E-state index >= 15 is 0 Å². The number of nitrogens with one attached hydrogen (secondary N) is 2. The van der Waals surface area contributed by atoms with Crippen molar-refractivity contribution in [2.24, 2.45) is 0 Å². The van der Waals surface area contributed by atoms with Gasteiger partial charge in [0.1, 0.15) is 5.54 Å². The molecule has 5 heteroatoms. The summed E-state index contributed by atoms with van der Waals surface area (Å²) in [4.78, 5) is 15.0. The first-order valence-electron chi connectivity index (χ1n) is 8.24. The SMILES string of the molecule is CCCOCCN1C(=O)C2(CCNCC2)Nc2ccccc21. The van der Waals surface area contributed by atoms with Crippen molar-refractivity contribution in [2.45, 2.75) is 31.7 Å². The average Bonchev–Trinajstić information content (AvgIpc) is 2.55. The molecule has 1 aromatic carbocycles. The van der Waals surface area contributed by atoms with Gasteiger partial charge in [0.05, 0.1) is 18.0 Å². The van der Waals surface area contributed by atoms with E-state index in [1.165, 1.54) is 0 Å². The summed E-state index contributed by atoms with van der Waals surface area (Å²) >= 11 is 0. The Labute approximate surface area is 132 Å². The van der Waals surface area contributed by atoms with Crippen LogP contribution in [0.3, 0.4) is 0 Å². The second-order valence-electron chi connectivity index (χ2n) is 6.04. The van der Waals surface area contributed by atoms with Gasteiger partial charge in [-0.05, 0) is 44.5 Å². The fourth-order valence-corrected chi connectivity index (χ4v) is 3.31. The van der Waals surface area contributed by atoms with Gasteiger partial charge in [-0.3, -0.25) is 4.79 Å². The third-order valence-corrected chi connectivity index (χ3v) is 4.49. The molecular formula is C17H25N3O2. The summed E-state index contributed by atoms with van der Waals surface area (Å²) in [5.41, 5.74) is 1.57. The minimum atomic E-state index is -0.454. The van der Waals surface area contributed by atoms with Crippen LogP contribution in [-0.2, 0) is 9.53 Å². The zero-order valence-electron chi connectivity index (χ0n) is 13.2. The van der Waals surface area contributed by atoms with E-state index < -0.39 is 5.54 Å². The maximum absolute atomic E-state index is 13.1. The van der Waals surface area contributed by atoms with E-state index in [9.17, 15) is 4.79 Å². The molecule has 1 saturated heterocycles. The van der Waals surface area contributed by atoms with Crippen LogP contribution in [0.4, 0.5) is 11.4 Å². The van der Waals surface area contributed by atoms with Gasteiger partial charge in [-0.1, -0.05) is 19.1 Å². The smallest absolute Gasteiger partial charge is 0.252 e. The molecule has 0 bridgehead atoms. The highest BCUT2D eigenvalue weighted by Crippen LogP contribution is 2.38. The number of anilines is 2. The minimum absolute atomic E-state index is 0.188. The Morgan fingerprint density at radius 2 is 2.00 bits per heavy atom. The van der Waals surface area contributed by atoms with Crippen molar-refractivity contribution in [2.75, 3.05) is 43.1 Å². The van der Waals surface area contributed by atoms with Gasteiger partial charge in [0.2, 0.25) is 0 Å². The van der Waals surface area contributed by atoms with Crippen LogP contribution < -0.4 is 15.5 Å². The van der Waals surface area contributed by atoms with Crippen LogP contribution in [0.15, 0.2) is 24.3 Å². The van der Waals surface area contributed by atoms with Gasteiger partial charge in [-0.15, -0.1) is 0 Å². The largest absolute Gasteiger partial charge is 0.380 e. The molecule has 0 atom stereocenters. The zero-order chi connectivity index (χ0) is 15.4. The van der Waals surface area contributed by atoms with E-state index in [-0.39, 0.29) is 5.91 Å². The highest BCUT2D eigenvalue weighted by molar-refractivity contribution is 6.08. The van der Waals surface area contributed by atoms with Crippen molar-refractivity contribution in [1.29, 1.82) is 0 Å². The maximum Gasteiger partial charge on any atom is 0.252 e. The second-order valence-corrected chi connectivity index (χ2v) is 6.04. The van der Waals surface area contributed by atoms with Gasteiger partial charge in [0.25, 0.3) is 5.91 Å². The highest BCUT2D eigenvalue weighted by atomic mass is 16.5. The normalized spacial score (nSPS) is 19.9. The first kappa shape index (κ1) is 15.3. The molecule has 120 valence electrons. The molecule has 1 aromatic rings. The standard InChI is InChI=1S/C17H25N3O2/c1-2-12-22-13-11-20-15-6-4-3-5-14(15)19-17(16(20)21)7-9-18-10-8-17/h3-6,18-19H,2,7-13H2,1H3. The van der Waals surface area contributed by atoms with E-state index in [1.54, 1.807) is 0 Å². The molecule has 22 heavy (non-hydrogen) atoms. The molecule has 1 fully saturated rings. The number of hydrogen-bond donors (Lipinski definition) is 2. The van der Waals surface area contributed by atoms with Crippen LogP contribution >= 0.6 is 0 Å². The topological polar surface area (TPSA) is 53.6 Å². The lowest BCUT2D eigenvalue weighted by Crippen LogP contribution is -2.61. The van der Waals surface area contributed by atoms with E-state index in [1.807, 2.05) is 23.1 Å². The number of rotatable bonds is 5. The molecule has 3 rings (SSSR count). The number of carbonyl (C=O) groups is 1. The van der Waals surface area contributed by atoms with E-state index in [0.29, 0.717) is 13.2 Å². The predicted octanol–water partition coefficient (Wildman–Crippen LogP) is 1.99. The third kappa shape index (κ3) is 2.83. The van der Waals surface area contributed by atoms with Crippen LogP contribution in [0.1, 0.15) is 26.2 Å². The average molecular weight is 303 g/mol. The summed E-state index contributed by atoms with van der Waals surface area (Å²) in [5.74, 6) is 0.188. The van der Waals surface area contributed by atoms with E-state index in [4.69, 9.17) is 4.74 Å². The Bertz CT molecular complexity index is 526.